The van der Waals surface area contributed by atoms with Crippen LogP contribution in [-0.4, -0.2) is 30.3 Å². The summed E-state index contributed by atoms with van der Waals surface area (Å²) in [6.07, 6.45) is 0. The maximum absolute atomic E-state index is 12.3. The predicted octanol–water partition coefficient (Wildman–Crippen LogP) is 2.40. The summed E-state index contributed by atoms with van der Waals surface area (Å²) < 4.78 is 40.7. The first-order valence-corrected chi connectivity index (χ1v) is 4.78. The molecule has 0 unspecified atom stereocenters. The van der Waals surface area contributed by atoms with E-state index in [2.05, 4.69) is 11.3 Å². The molecule has 0 aliphatic heterocycles. The molecule has 0 spiro atoms. The van der Waals surface area contributed by atoms with Crippen LogP contribution in [0.4, 0.5) is 13.2 Å². The van der Waals surface area contributed by atoms with E-state index in [4.69, 9.17) is 0 Å². The highest BCUT2D eigenvalue weighted by Crippen LogP contribution is 2.28. The van der Waals surface area contributed by atoms with Crippen LogP contribution in [0.1, 0.15) is 6.92 Å². The average molecular weight is 228 g/mol. The molecule has 14 heavy (non-hydrogen) atoms. The van der Waals surface area contributed by atoms with Crippen molar-refractivity contribution in [2.45, 2.75) is 12.2 Å². The third-order valence-electron chi connectivity index (χ3n) is 1.13. The predicted molar refractivity (Wildman–Crippen MR) is 49.2 cm³/mol. The molecule has 0 N–H and O–H groups in total. The van der Waals surface area contributed by atoms with Crippen molar-refractivity contribution < 1.29 is 22.7 Å². The van der Waals surface area contributed by atoms with Crippen molar-refractivity contribution in [1.29, 1.82) is 0 Å². The fourth-order valence-electron chi connectivity index (χ4n) is 0.487. The number of rotatable bonds is 6. The van der Waals surface area contributed by atoms with Gasteiger partial charge < -0.3 is 4.74 Å². The summed E-state index contributed by atoms with van der Waals surface area (Å²) in [5.41, 5.74) is 0.201. The first kappa shape index (κ1) is 13.4. The van der Waals surface area contributed by atoms with Gasteiger partial charge in [-0.05, 0) is 6.92 Å². The molecule has 0 aliphatic rings. The molecule has 82 valence electrons. The first-order chi connectivity index (χ1) is 6.39. The second kappa shape index (κ2) is 5.95. The zero-order valence-electron chi connectivity index (χ0n) is 7.69. The highest BCUT2D eigenvalue weighted by atomic mass is 32.2. The third-order valence-corrected chi connectivity index (χ3v) is 2.04. The van der Waals surface area contributed by atoms with Crippen LogP contribution in [0.2, 0.25) is 0 Å². The lowest BCUT2D eigenvalue weighted by Crippen LogP contribution is -2.16. The highest BCUT2D eigenvalue weighted by Gasteiger charge is 2.29. The fourth-order valence-corrected chi connectivity index (χ4v) is 1.03. The van der Waals surface area contributed by atoms with Crippen LogP contribution in [0.3, 0.4) is 0 Å². The first-order valence-electron chi connectivity index (χ1n) is 3.79. The van der Waals surface area contributed by atoms with Gasteiger partial charge in [-0.1, -0.05) is 18.3 Å². The number of thioether (sulfide) groups is 1. The van der Waals surface area contributed by atoms with Gasteiger partial charge in [0.15, 0.2) is 6.67 Å². The summed E-state index contributed by atoms with van der Waals surface area (Å²) in [6.45, 7) is 2.87. The Morgan fingerprint density at radius 1 is 1.57 bits per heavy atom. The van der Waals surface area contributed by atoms with Crippen LogP contribution >= 0.6 is 11.8 Å². The molecule has 0 saturated heterocycles. The van der Waals surface area contributed by atoms with E-state index in [0.29, 0.717) is 0 Å². The lowest BCUT2D eigenvalue weighted by molar-refractivity contribution is -0.138. The molecule has 0 aromatic heterocycles. The summed E-state index contributed by atoms with van der Waals surface area (Å²) in [7, 11) is 0. The molecule has 0 bridgehead atoms. The molecule has 0 saturated carbocycles. The van der Waals surface area contributed by atoms with Crippen LogP contribution < -0.4 is 0 Å². The highest BCUT2D eigenvalue weighted by molar-refractivity contribution is 8.00. The normalized spacial score (nSPS) is 11.1. The SMILES string of the molecule is C=C(C)C(=O)OCCSC(F)(F)CF. The van der Waals surface area contributed by atoms with Gasteiger partial charge in [-0.3, -0.25) is 0 Å². The van der Waals surface area contributed by atoms with Crippen molar-refractivity contribution in [2.75, 3.05) is 19.0 Å². The van der Waals surface area contributed by atoms with E-state index in [9.17, 15) is 18.0 Å². The van der Waals surface area contributed by atoms with Crippen LogP contribution in [0.5, 0.6) is 0 Å². The molecule has 0 aromatic carbocycles. The topological polar surface area (TPSA) is 26.3 Å². The van der Waals surface area contributed by atoms with Gasteiger partial charge >= 0.3 is 11.2 Å². The Bertz CT molecular complexity index is 219. The summed E-state index contributed by atoms with van der Waals surface area (Å²) >= 11 is 0.117. The number of ether oxygens (including phenoxy) is 1. The second-order valence-corrected chi connectivity index (χ2v) is 3.83. The van der Waals surface area contributed by atoms with Gasteiger partial charge in [0.1, 0.15) is 6.61 Å². The number of hydrogen-bond acceptors (Lipinski definition) is 3. The molecule has 0 rings (SSSR count). The summed E-state index contributed by atoms with van der Waals surface area (Å²) in [6, 6.07) is 0. The number of hydrogen-bond donors (Lipinski definition) is 0. The van der Waals surface area contributed by atoms with Crippen LogP contribution in [-0.2, 0) is 9.53 Å². The minimum absolute atomic E-state index is 0.117. The molecular weight excluding hydrogens is 217 g/mol. The van der Waals surface area contributed by atoms with Crippen molar-refractivity contribution in [1.82, 2.24) is 0 Å². The molecule has 0 amide bonds. The Morgan fingerprint density at radius 3 is 2.57 bits per heavy atom. The van der Waals surface area contributed by atoms with Gasteiger partial charge in [0, 0.05) is 11.3 Å². The van der Waals surface area contributed by atoms with Crippen molar-refractivity contribution in [3.63, 3.8) is 0 Å². The van der Waals surface area contributed by atoms with Crippen LogP contribution in [0.15, 0.2) is 12.2 Å². The van der Waals surface area contributed by atoms with E-state index in [1.807, 2.05) is 0 Å². The van der Waals surface area contributed by atoms with Gasteiger partial charge in [0.2, 0.25) is 0 Å². The van der Waals surface area contributed by atoms with Gasteiger partial charge in [-0.25, -0.2) is 9.18 Å². The number of carbonyl (C=O) groups is 1. The third kappa shape index (κ3) is 5.90. The van der Waals surface area contributed by atoms with Gasteiger partial charge in [0.25, 0.3) is 0 Å². The number of esters is 1. The lowest BCUT2D eigenvalue weighted by Gasteiger charge is -2.10. The average Bonchev–Trinajstić information content (AvgIpc) is 2.12. The second-order valence-electron chi connectivity index (χ2n) is 2.54. The van der Waals surface area contributed by atoms with Crippen molar-refractivity contribution in [3.8, 4) is 0 Å². The summed E-state index contributed by atoms with van der Waals surface area (Å²) in [5, 5.41) is -3.39. The Balaban J connectivity index is 3.57. The maximum Gasteiger partial charge on any atom is 0.333 e. The monoisotopic (exact) mass is 228 g/mol. The van der Waals surface area contributed by atoms with E-state index in [1.165, 1.54) is 6.92 Å². The molecule has 0 atom stereocenters. The Kier molecular flexibility index (Phi) is 5.68. The molecule has 0 heterocycles. The maximum atomic E-state index is 12.3. The number of carbonyl (C=O) groups excluding carboxylic acids is 1. The van der Waals surface area contributed by atoms with E-state index in [-0.39, 0.29) is 29.7 Å². The van der Waals surface area contributed by atoms with E-state index < -0.39 is 17.9 Å². The zero-order chi connectivity index (χ0) is 11.2. The molecule has 0 fully saturated rings. The molecule has 0 aromatic rings. The standard InChI is InChI=1S/C8H11F3O2S/c1-6(2)7(12)13-3-4-14-8(10,11)5-9/h1,3-5H2,2H3. The molecule has 0 aliphatic carbocycles. The molecule has 0 radical (unpaired) electrons. The van der Waals surface area contributed by atoms with Gasteiger partial charge in [-0.2, -0.15) is 8.78 Å². The smallest absolute Gasteiger partial charge is 0.333 e. The molecule has 6 heteroatoms. The van der Waals surface area contributed by atoms with E-state index >= 15 is 0 Å². The molecular formula is C8H11F3O2S. The summed E-state index contributed by atoms with van der Waals surface area (Å²) in [4.78, 5) is 10.7. The van der Waals surface area contributed by atoms with Crippen molar-refractivity contribution in [3.05, 3.63) is 12.2 Å². The van der Waals surface area contributed by atoms with Crippen molar-refractivity contribution >= 4 is 17.7 Å². The number of halogens is 3. The Morgan fingerprint density at radius 2 is 2.14 bits per heavy atom. The van der Waals surface area contributed by atoms with Gasteiger partial charge in [0.05, 0.1) is 0 Å². The van der Waals surface area contributed by atoms with Crippen LogP contribution in [0.25, 0.3) is 0 Å². The van der Waals surface area contributed by atoms with E-state index in [0.717, 1.165) is 0 Å². The van der Waals surface area contributed by atoms with Gasteiger partial charge in [-0.15, -0.1) is 0 Å². The summed E-state index contributed by atoms with van der Waals surface area (Å²) in [5.74, 6) is -0.773. The molecule has 2 nitrogen and oxygen atoms in total. The fraction of sp³-hybridized carbons (Fsp3) is 0.625. The Hall–Kier alpha value is -0.650. The lowest BCUT2D eigenvalue weighted by atomic mass is 10.4. The minimum Gasteiger partial charge on any atom is -0.461 e. The van der Waals surface area contributed by atoms with Crippen molar-refractivity contribution in [2.24, 2.45) is 0 Å². The minimum atomic E-state index is -3.39. The number of alkyl halides is 3. The zero-order valence-corrected chi connectivity index (χ0v) is 8.50. The quantitative estimate of drug-likeness (QED) is 0.396. The largest absolute Gasteiger partial charge is 0.461 e. The Labute approximate surface area is 84.5 Å². The van der Waals surface area contributed by atoms with Crippen LogP contribution in [0, 0.1) is 0 Å². The van der Waals surface area contributed by atoms with E-state index in [1.54, 1.807) is 0 Å².